The molecular weight excluding hydrogens is 462 g/mol. The van der Waals surface area contributed by atoms with E-state index in [-0.39, 0.29) is 25.0 Å². The molecule has 0 atom stereocenters. The molecular formula is C27H33N3O4S. The van der Waals surface area contributed by atoms with E-state index in [0.717, 1.165) is 51.7 Å². The van der Waals surface area contributed by atoms with E-state index in [0.29, 0.717) is 18.0 Å². The molecule has 1 amide bonds. The van der Waals surface area contributed by atoms with Crippen LogP contribution in [0.3, 0.4) is 0 Å². The van der Waals surface area contributed by atoms with Crippen LogP contribution in [0.2, 0.25) is 0 Å². The van der Waals surface area contributed by atoms with E-state index < -0.39 is 10.0 Å². The lowest BCUT2D eigenvalue weighted by Crippen LogP contribution is -2.42. The summed E-state index contributed by atoms with van der Waals surface area (Å²) < 4.78 is 34.8. The third-order valence-corrected chi connectivity index (χ3v) is 8.61. The van der Waals surface area contributed by atoms with Crippen LogP contribution in [0.25, 0.3) is 10.9 Å². The predicted molar refractivity (Wildman–Crippen MR) is 137 cm³/mol. The van der Waals surface area contributed by atoms with Crippen LogP contribution < -0.4 is 9.46 Å². The number of benzene rings is 2. The third kappa shape index (κ3) is 5.49. The number of likely N-dealkylation sites (tertiary alicyclic amines) is 1. The van der Waals surface area contributed by atoms with Crippen molar-refractivity contribution in [3.05, 3.63) is 64.8 Å². The van der Waals surface area contributed by atoms with Crippen molar-refractivity contribution < 1.29 is 17.9 Å². The van der Waals surface area contributed by atoms with Crippen LogP contribution in [0.5, 0.6) is 5.75 Å². The average molecular weight is 496 g/mol. The highest BCUT2D eigenvalue weighted by molar-refractivity contribution is 7.89. The van der Waals surface area contributed by atoms with Gasteiger partial charge in [0.05, 0.1) is 4.90 Å². The maximum atomic E-state index is 13.0. The Morgan fingerprint density at radius 3 is 2.40 bits per heavy atom. The molecule has 0 spiro atoms. The fourth-order valence-electron chi connectivity index (χ4n) is 4.68. The number of hydrogen-bond donors (Lipinski definition) is 1. The van der Waals surface area contributed by atoms with Gasteiger partial charge >= 0.3 is 0 Å². The Kier molecular flexibility index (Phi) is 7.42. The van der Waals surface area contributed by atoms with Crippen LogP contribution in [-0.4, -0.2) is 49.9 Å². The minimum absolute atomic E-state index is 0.0145. The molecule has 1 fully saturated rings. The topological polar surface area (TPSA) is 88.6 Å². The Labute approximate surface area is 207 Å². The molecule has 4 rings (SSSR count). The Morgan fingerprint density at radius 1 is 1.06 bits per heavy atom. The molecule has 186 valence electrons. The van der Waals surface area contributed by atoms with Crippen molar-refractivity contribution in [1.29, 1.82) is 0 Å². The lowest BCUT2D eigenvalue weighted by Gasteiger charge is -2.32. The van der Waals surface area contributed by atoms with Gasteiger partial charge in [-0.1, -0.05) is 24.3 Å². The molecule has 3 aromatic rings. The Hall–Kier alpha value is -2.97. The Morgan fingerprint density at radius 2 is 1.71 bits per heavy atom. The second kappa shape index (κ2) is 10.3. The number of ether oxygens (including phenoxy) is 1. The first-order valence-corrected chi connectivity index (χ1v) is 13.5. The average Bonchev–Trinajstić information content (AvgIpc) is 2.83. The van der Waals surface area contributed by atoms with E-state index in [2.05, 4.69) is 9.71 Å². The molecule has 1 aliphatic heterocycles. The zero-order valence-corrected chi connectivity index (χ0v) is 21.6. The number of sulfonamides is 1. The maximum Gasteiger partial charge on any atom is 0.241 e. The van der Waals surface area contributed by atoms with E-state index in [1.54, 1.807) is 11.1 Å². The molecule has 2 heterocycles. The SMILES string of the molecule is Cc1cc(C)c(C)c(S(=O)(=O)NCCC(=O)N2CCC(Oc3cccc4cccnc34)CC2)c1C. The van der Waals surface area contributed by atoms with Crippen LogP contribution in [0.4, 0.5) is 0 Å². The Bertz CT molecular complexity index is 1310. The van der Waals surface area contributed by atoms with Crippen molar-refractivity contribution in [1.82, 2.24) is 14.6 Å². The first-order valence-electron chi connectivity index (χ1n) is 12.0. The van der Waals surface area contributed by atoms with Crippen molar-refractivity contribution in [2.75, 3.05) is 19.6 Å². The van der Waals surface area contributed by atoms with Gasteiger partial charge in [-0.05, 0) is 62.1 Å². The van der Waals surface area contributed by atoms with Gasteiger partial charge in [0.1, 0.15) is 17.4 Å². The van der Waals surface area contributed by atoms with Gasteiger partial charge in [-0.3, -0.25) is 9.78 Å². The molecule has 35 heavy (non-hydrogen) atoms. The first-order chi connectivity index (χ1) is 16.7. The van der Waals surface area contributed by atoms with Gasteiger partial charge in [0, 0.05) is 50.5 Å². The summed E-state index contributed by atoms with van der Waals surface area (Å²) >= 11 is 0. The minimum atomic E-state index is -3.70. The molecule has 0 aliphatic carbocycles. The number of carbonyl (C=O) groups is 1. The molecule has 1 saturated heterocycles. The second-order valence-electron chi connectivity index (χ2n) is 9.27. The summed E-state index contributed by atoms with van der Waals surface area (Å²) in [5, 5.41) is 1.03. The zero-order valence-electron chi connectivity index (χ0n) is 20.8. The van der Waals surface area contributed by atoms with Gasteiger partial charge in [-0.2, -0.15) is 0 Å². The fraction of sp³-hybridized carbons (Fsp3) is 0.407. The van der Waals surface area contributed by atoms with Crippen LogP contribution >= 0.6 is 0 Å². The lowest BCUT2D eigenvalue weighted by molar-refractivity contribution is -0.132. The normalized spacial score (nSPS) is 14.9. The number of rotatable bonds is 7. The van der Waals surface area contributed by atoms with Gasteiger partial charge in [0.2, 0.25) is 15.9 Å². The largest absolute Gasteiger partial charge is 0.488 e. The monoisotopic (exact) mass is 495 g/mol. The molecule has 0 saturated carbocycles. The summed E-state index contributed by atoms with van der Waals surface area (Å²) in [6, 6.07) is 11.8. The highest BCUT2D eigenvalue weighted by atomic mass is 32.2. The number of aryl methyl sites for hydroxylation is 2. The van der Waals surface area contributed by atoms with Crippen molar-refractivity contribution in [3.63, 3.8) is 0 Å². The van der Waals surface area contributed by atoms with Crippen molar-refractivity contribution in [2.24, 2.45) is 0 Å². The highest BCUT2D eigenvalue weighted by Crippen LogP contribution is 2.27. The lowest BCUT2D eigenvalue weighted by atomic mass is 10.0. The van der Waals surface area contributed by atoms with Gasteiger partial charge in [0.25, 0.3) is 0 Å². The minimum Gasteiger partial charge on any atom is -0.488 e. The predicted octanol–water partition coefficient (Wildman–Crippen LogP) is 4.21. The molecule has 0 radical (unpaired) electrons. The van der Waals surface area contributed by atoms with Crippen molar-refractivity contribution in [3.8, 4) is 5.75 Å². The summed E-state index contributed by atoms with van der Waals surface area (Å²) in [5.41, 5.74) is 4.21. The van der Waals surface area contributed by atoms with Crippen LogP contribution in [0.15, 0.2) is 47.5 Å². The summed E-state index contributed by atoms with van der Waals surface area (Å²) in [6.07, 6.45) is 3.35. The molecule has 8 heteroatoms. The number of para-hydroxylation sites is 1. The standard InChI is InChI=1S/C27H33N3O4S/c1-18-17-19(2)21(4)27(20(18)3)35(32,33)29-14-10-25(31)30-15-11-23(12-16-30)34-24-9-5-7-22-8-6-13-28-26(22)24/h5-9,13,17,23,29H,10-12,14-16H2,1-4H3. The summed E-state index contributed by atoms with van der Waals surface area (Å²) in [5.74, 6) is 0.714. The van der Waals surface area contributed by atoms with Crippen LogP contribution in [0, 0.1) is 27.7 Å². The number of nitrogens with zero attached hydrogens (tertiary/aromatic N) is 2. The van der Waals surface area contributed by atoms with E-state index in [1.807, 2.05) is 64.1 Å². The van der Waals surface area contributed by atoms with E-state index in [4.69, 9.17) is 4.74 Å². The number of aromatic nitrogens is 1. The van der Waals surface area contributed by atoms with Gasteiger partial charge in [0.15, 0.2) is 0 Å². The first kappa shape index (κ1) is 25.1. The molecule has 7 nitrogen and oxygen atoms in total. The van der Waals surface area contributed by atoms with Crippen molar-refractivity contribution >= 4 is 26.8 Å². The molecule has 0 bridgehead atoms. The van der Waals surface area contributed by atoms with E-state index in [1.165, 1.54) is 0 Å². The Balaban J connectivity index is 1.30. The van der Waals surface area contributed by atoms with Crippen molar-refractivity contribution in [2.45, 2.75) is 58.0 Å². The van der Waals surface area contributed by atoms with Gasteiger partial charge in [-0.25, -0.2) is 13.1 Å². The number of piperidine rings is 1. The maximum absolute atomic E-state index is 13.0. The zero-order chi connectivity index (χ0) is 25.2. The number of amides is 1. The molecule has 2 aromatic carbocycles. The number of carbonyl (C=O) groups excluding carboxylic acids is 1. The van der Waals surface area contributed by atoms with Gasteiger partial charge in [-0.15, -0.1) is 0 Å². The number of fused-ring (bicyclic) bond motifs is 1. The highest BCUT2D eigenvalue weighted by Gasteiger charge is 2.26. The summed E-state index contributed by atoms with van der Waals surface area (Å²) in [7, 11) is -3.70. The molecule has 1 aliphatic rings. The van der Waals surface area contributed by atoms with E-state index >= 15 is 0 Å². The molecule has 1 aromatic heterocycles. The molecule has 0 unspecified atom stereocenters. The second-order valence-corrected chi connectivity index (χ2v) is 11.0. The van der Waals surface area contributed by atoms with Crippen LogP contribution in [0.1, 0.15) is 41.5 Å². The summed E-state index contributed by atoms with van der Waals surface area (Å²) in [6.45, 7) is 8.71. The van der Waals surface area contributed by atoms with E-state index in [9.17, 15) is 13.2 Å². The summed E-state index contributed by atoms with van der Waals surface area (Å²) in [4.78, 5) is 19.3. The quantitative estimate of drug-likeness (QED) is 0.531. The van der Waals surface area contributed by atoms with Crippen LogP contribution in [-0.2, 0) is 14.8 Å². The smallest absolute Gasteiger partial charge is 0.241 e. The fourth-order valence-corrected chi connectivity index (χ4v) is 6.32. The third-order valence-electron chi connectivity index (χ3n) is 6.88. The number of pyridine rings is 1. The van der Waals surface area contributed by atoms with Gasteiger partial charge < -0.3 is 9.64 Å². The number of nitrogens with one attached hydrogen (secondary N) is 1. The molecule has 1 N–H and O–H groups in total. The number of hydrogen-bond acceptors (Lipinski definition) is 5.